The number of aliphatic hydroxyl groups is 1. The van der Waals surface area contributed by atoms with Crippen LogP contribution in [0.25, 0.3) is 0 Å². The molecule has 1 rings (SSSR count). The molecule has 72 valence electrons. The van der Waals surface area contributed by atoms with Crippen LogP contribution >= 0.6 is 11.3 Å². The van der Waals surface area contributed by atoms with E-state index in [0.29, 0.717) is 18.0 Å². The van der Waals surface area contributed by atoms with Crippen molar-refractivity contribution in [3.05, 3.63) is 11.1 Å². The molecule has 0 radical (unpaired) electrons. The first-order valence-electron chi connectivity index (χ1n) is 4.11. The number of nitrogens with one attached hydrogen (secondary N) is 1. The van der Waals surface area contributed by atoms with Gasteiger partial charge in [-0.25, -0.2) is 4.98 Å². The zero-order valence-corrected chi connectivity index (χ0v) is 8.23. The highest BCUT2D eigenvalue weighted by atomic mass is 32.1. The van der Waals surface area contributed by atoms with E-state index in [0.717, 1.165) is 4.88 Å². The van der Waals surface area contributed by atoms with Gasteiger partial charge < -0.3 is 10.4 Å². The Morgan fingerprint density at radius 3 is 3.15 bits per heavy atom. The van der Waals surface area contributed by atoms with Crippen LogP contribution in [0.15, 0.2) is 6.20 Å². The van der Waals surface area contributed by atoms with Gasteiger partial charge in [0.15, 0.2) is 5.13 Å². The highest BCUT2D eigenvalue weighted by Crippen LogP contribution is 2.18. The zero-order chi connectivity index (χ0) is 9.68. The SMILES string of the molecule is CCC(=O)Nc1ncc(CCO)s1. The van der Waals surface area contributed by atoms with Gasteiger partial charge in [-0.3, -0.25) is 4.79 Å². The van der Waals surface area contributed by atoms with Crippen LogP contribution in [-0.2, 0) is 11.2 Å². The van der Waals surface area contributed by atoms with Gasteiger partial charge in [-0.2, -0.15) is 0 Å². The molecule has 0 spiro atoms. The van der Waals surface area contributed by atoms with Crippen molar-refractivity contribution in [2.24, 2.45) is 0 Å². The van der Waals surface area contributed by atoms with Crippen molar-refractivity contribution in [2.45, 2.75) is 19.8 Å². The van der Waals surface area contributed by atoms with E-state index >= 15 is 0 Å². The van der Waals surface area contributed by atoms with Crippen molar-refractivity contribution in [1.82, 2.24) is 4.98 Å². The van der Waals surface area contributed by atoms with E-state index in [9.17, 15) is 4.79 Å². The molecule has 0 fully saturated rings. The summed E-state index contributed by atoms with van der Waals surface area (Å²) in [6.07, 6.45) is 2.72. The van der Waals surface area contributed by atoms with Crippen LogP contribution in [0.4, 0.5) is 5.13 Å². The number of rotatable bonds is 4. The third-order valence-electron chi connectivity index (χ3n) is 1.48. The molecule has 1 heterocycles. The van der Waals surface area contributed by atoms with Crippen LogP contribution in [0, 0.1) is 0 Å². The minimum atomic E-state index is -0.0371. The van der Waals surface area contributed by atoms with Gasteiger partial charge in [-0.05, 0) is 0 Å². The third kappa shape index (κ3) is 3.12. The Morgan fingerprint density at radius 1 is 1.77 bits per heavy atom. The lowest BCUT2D eigenvalue weighted by Gasteiger charge is -1.95. The Labute approximate surface area is 80.6 Å². The summed E-state index contributed by atoms with van der Waals surface area (Å²) >= 11 is 1.40. The summed E-state index contributed by atoms with van der Waals surface area (Å²) < 4.78 is 0. The van der Waals surface area contributed by atoms with Gasteiger partial charge in [0.2, 0.25) is 5.91 Å². The molecule has 1 aromatic heterocycles. The van der Waals surface area contributed by atoms with Crippen LogP contribution in [0.2, 0.25) is 0 Å². The fourth-order valence-corrected chi connectivity index (χ4v) is 1.62. The van der Waals surface area contributed by atoms with Gasteiger partial charge >= 0.3 is 0 Å². The summed E-state index contributed by atoms with van der Waals surface area (Å²) in [7, 11) is 0. The van der Waals surface area contributed by atoms with E-state index in [-0.39, 0.29) is 12.5 Å². The van der Waals surface area contributed by atoms with Gasteiger partial charge in [0.1, 0.15) is 0 Å². The number of thiazole rings is 1. The number of hydrogen-bond donors (Lipinski definition) is 2. The molecule has 2 N–H and O–H groups in total. The van der Waals surface area contributed by atoms with Crippen molar-refractivity contribution in [3.63, 3.8) is 0 Å². The van der Waals surface area contributed by atoms with E-state index in [1.54, 1.807) is 13.1 Å². The first-order chi connectivity index (χ1) is 6.26. The molecular formula is C8H12N2O2S. The molecule has 0 aliphatic rings. The number of aliphatic hydroxyl groups excluding tert-OH is 1. The summed E-state index contributed by atoms with van der Waals surface area (Å²) in [5.74, 6) is -0.0371. The van der Waals surface area contributed by atoms with E-state index in [1.807, 2.05) is 0 Å². The number of anilines is 1. The Hall–Kier alpha value is -0.940. The third-order valence-corrected chi connectivity index (χ3v) is 2.45. The molecule has 1 aromatic rings. The summed E-state index contributed by atoms with van der Waals surface area (Å²) in [6.45, 7) is 1.90. The lowest BCUT2D eigenvalue weighted by atomic mass is 10.4. The molecule has 0 saturated carbocycles. The van der Waals surface area contributed by atoms with Crippen LogP contribution in [-0.4, -0.2) is 22.6 Å². The minimum Gasteiger partial charge on any atom is -0.396 e. The molecule has 0 saturated heterocycles. The lowest BCUT2D eigenvalue weighted by Crippen LogP contribution is -2.08. The maximum Gasteiger partial charge on any atom is 0.225 e. The minimum absolute atomic E-state index is 0.0371. The summed E-state index contributed by atoms with van der Waals surface area (Å²) in [4.78, 5) is 15.9. The molecule has 0 atom stereocenters. The van der Waals surface area contributed by atoms with Crippen LogP contribution in [0.5, 0.6) is 0 Å². The molecule has 13 heavy (non-hydrogen) atoms. The highest BCUT2D eigenvalue weighted by Gasteiger charge is 2.03. The van der Waals surface area contributed by atoms with Crippen molar-refractivity contribution in [2.75, 3.05) is 11.9 Å². The van der Waals surface area contributed by atoms with E-state index in [1.165, 1.54) is 11.3 Å². The Balaban J connectivity index is 2.53. The first kappa shape index (κ1) is 10.1. The number of aromatic nitrogens is 1. The second-order valence-electron chi connectivity index (χ2n) is 2.51. The normalized spacial score (nSPS) is 10.0. The molecule has 1 amide bonds. The maximum absolute atomic E-state index is 11.0. The van der Waals surface area contributed by atoms with Crippen molar-refractivity contribution in [1.29, 1.82) is 0 Å². The maximum atomic E-state index is 11.0. The summed E-state index contributed by atoms with van der Waals surface area (Å²) in [6, 6.07) is 0. The number of carbonyl (C=O) groups excluding carboxylic acids is 1. The number of hydrogen-bond acceptors (Lipinski definition) is 4. The molecular weight excluding hydrogens is 188 g/mol. The average Bonchev–Trinajstić information content (AvgIpc) is 2.53. The molecule has 0 aliphatic carbocycles. The van der Waals surface area contributed by atoms with Gasteiger partial charge in [-0.15, -0.1) is 11.3 Å². The van der Waals surface area contributed by atoms with Gasteiger partial charge in [-0.1, -0.05) is 6.92 Å². The largest absolute Gasteiger partial charge is 0.396 e. The van der Waals surface area contributed by atoms with E-state index < -0.39 is 0 Å². The fourth-order valence-electron chi connectivity index (χ4n) is 0.799. The predicted octanol–water partition coefficient (Wildman–Crippen LogP) is 1.03. The molecule has 0 aromatic carbocycles. The molecule has 4 nitrogen and oxygen atoms in total. The lowest BCUT2D eigenvalue weighted by molar-refractivity contribution is -0.115. The van der Waals surface area contributed by atoms with E-state index in [2.05, 4.69) is 10.3 Å². The monoisotopic (exact) mass is 200 g/mol. The fraction of sp³-hybridized carbons (Fsp3) is 0.500. The molecule has 0 bridgehead atoms. The second kappa shape index (κ2) is 4.94. The smallest absolute Gasteiger partial charge is 0.225 e. The molecule has 0 aliphatic heterocycles. The number of amides is 1. The second-order valence-corrected chi connectivity index (χ2v) is 3.62. The first-order valence-corrected chi connectivity index (χ1v) is 4.93. The van der Waals surface area contributed by atoms with Crippen LogP contribution < -0.4 is 5.32 Å². The van der Waals surface area contributed by atoms with Crippen molar-refractivity contribution < 1.29 is 9.90 Å². The van der Waals surface area contributed by atoms with Gasteiger partial charge in [0.05, 0.1) is 0 Å². The van der Waals surface area contributed by atoms with Crippen molar-refractivity contribution in [3.8, 4) is 0 Å². The standard InChI is InChI=1S/C8H12N2O2S/c1-2-7(12)10-8-9-5-6(13-8)3-4-11/h5,11H,2-4H2,1H3,(H,9,10,12). The summed E-state index contributed by atoms with van der Waals surface area (Å²) in [5, 5.41) is 11.9. The quantitative estimate of drug-likeness (QED) is 0.763. The van der Waals surface area contributed by atoms with Crippen molar-refractivity contribution >= 4 is 22.4 Å². The highest BCUT2D eigenvalue weighted by molar-refractivity contribution is 7.15. The Kier molecular flexibility index (Phi) is 3.85. The topological polar surface area (TPSA) is 62.2 Å². The van der Waals surface area contributed by atoms with E-state index in [4.69, 9.17) is 5.11 Å². The van der Waals surface area contributed by atoms with Gasteiger partial charge in [0.25, 0.3) is 0 Å². The zero-order valence-electron chi connectivity index (χ0n) is 7.41. The van der Waals surface area contributed by atoms with Gasteiger partial charge in [0, 0.05) is 30.5 Å². The molecule has 0 unspecified atom stereocenters. The molecule has 5 heteroatoms. The Morgan fingerprint density at radius 2 is 2.54 bits per heavy atom. The number of nitrogens with zero attached hydrogens (tertiary/aromatic N) is 1. The number of carbonyl (C=O) groups is 1. The predicted molar refractivity (Wildman–Crippen MR) is 51.8 cm³/mol. The van der Waals surface area contributed by atoms with Crippen LogP contribution in [0.1, 0.15) is 18.2 Å². The summed E-state index contributed by atoms with van der Waals surface area (Å²) in [5.41, 5.74) is 0. The Bertz CT molecular complexity index is 285. The average molecular weight is 200 g/mol. The van der Waals surface area contributed by atoms with Crippen LogP contribution in [0.3, 0.4) is 0 Å².